The number of carbonyl (C=O) groups excluding carboxylic acids is 1. The molecule has 0 radical (unpaired) electrons. The van der Waals surface area contributed by atoms with Gasteiger partial charge in [-0.05, 0) is 49.8 Å². The highest BCUT2D eigenvalue weighted by atomic mass is 32.1. The van der Waals surface area contributed by atoms with Crippen molar-refractivity contribution in [2.45, 2.75) is 26.4 Å². The van der Waals surface area contributed by atoms with Crippen molar-refractivity contribution in [1.82, 2.24) is 14.5 Å². The van der Waals surface area contributed by atoms with Gasteiger partial charge < -0.3 is 24.1 Å². The number of hydrogen-bond donors (Lipinski definition) is 1. The summed E-state index contributed by atoms with van der Waals surface area (Å²) in [5, 5.41) is 0.489. The molecule has 8 nitrogen and oxygen atoms in total. The molecule has 0 atom stereocenters. The molecule has 2 heterocycles. The largest absolute Gasteiger partial charge is 0.486 e. The van der Waals surface area contributed by atoms with Gasteiger partial charge in [-0.3, -0.25) is 14.2 Å². The fourth-order valence-electron chi connectivity index (χ4n) is 3.93. The van der Waals surface area contributed by atoms with E-state index in [0.717, 1.165) is 5.56 Å². The summed E-state index contributed by atoms with van der Waals surface area (Å²) in [6, 6.07) is 10.8. The normalized spacial score (nSPS) is 12.7. The van der Waals surface area contributed by atoms with Gasteiger partial charge in [-0.1, -0.05) is 12.1 Å². The fourth-order valence-corrected chi connectivity index (χ4v) is 4.22. The molecule has 1 amide bonds. The first kappa shape index (κ1) is 23.0. The van der Waals surface area contributed by atoms with Crippen LogP contribution in [0.3, 0.4) is 0 Å². The van der Waals surface area contributed by atoms with Crippen LogP contribution < -0.4 is 15.0 Å². The maximum absolute atomic E-state index is 13.3. The number of nitrogens with zero attached hydrogens (tertiary/aromatic N) is 2. The number of fused-ring (bicyclic) bond motifs is 2. The molecule has 1 aromatic heterocycles. The predicted molar refractivity (Wildman–Crippen MR) is 128 cm³/mol. The number of aromatic amines is 1. The molecular formula is C24H27N3O5S. The van der Waals surface area contributed by atoms with Crippen molar-refractivity contribution in [2.24, 2.45) is 0 Å². The lowest BCUT2D eigenvalue weighted by Gasteiger charge is -2.25. The van der Waals surface area contributed by atoms with Crippen LogP contribution in [0.4, 0.5) is 0 Å². The second kappa shape index (κ2) is 10.2. The van der Waals surface area contributed by atoms with Crippen molar-refractivity contribution in [2.75, 3.05) is 33.5 Å². The number of benzene rings is 2. The number of amides is 1. The summed E-state index contributed by atoms with van der Waals surface area (Å²) in [4.78, 5) is 31.1. The molecular weight excluding hydrogens is 442 g/mol. The van der Waals surface area contributed by atoms with Gasteiger partial charge in [0.15, 0.2) is 16.3 Å². The van der Waals surface area contributed by atoms with Crippen molar-refractivity contribution in [3.05, 3.63) is 62.6 Å². The summed E-state index contributed by atoms with van der Waals surface area (Å²) < 4.78 is 18.4. The number of methoxy groups -OCH3 is 1. The van der Waals surface area contributed by atoms with E-state index in [-0.39, 0.29) is 11.5 Å². The van der Waals surface area contributed by atoms with E-state index in [9.17, 15) is 9.59 Å². The first-order valence-corrected chi connectivity index (χ1v) is 11.4. The third-order valence-electron chi connectivity index (χ3n) is 5.64. The number of aromatic nitrogens is 2. The molecule has 0 saturated heterocycles. The first-order chi connectivity index (χ1) is 16.0. The van der Waals surface area contributed by atoms with Gasteiger partial charge in [-0.2, -0.15) is 0 Å². The van der Waals surface area contributed by atoms with Gasteiger partial charge in [-0.15, -0.1) is 0 Å². The second-order valence-electron chi connectivity index (χ2n) is 7.75. The van der Waals surface area contributed by atoms with Crippen molar-refractivity contribution < 1.29 is 19.0 Å². The van der Waals surface area contributed by atoms with Gasteiger partial charge in [-0.25, -0.2) is 0 Å². The highest BCUT2D eigenvalue weighted by Gasteiger charge is 2.21. The minimum atomic E-state index is -0.177. The lowest BCUT2D eigenvalue weighted by Crippen LogP contribution is -2.31. The molecule has 174 valence electrons. The Kier molecular flexibility index (Phi) is 7.10. The van der Waals surface area contributed by atoms with Gasteiger partial charge in [0.25, 0.3) is 11.5 Å². The second-order valence-corrected chi connectivity index (χ2v) is 8.14. The maximum Gasteiger partial charge on any atom is 0.262 e. The zero-order valence-electron chi connectivity index (χ0n) is 18.8. The molecule has 0 unspecified atom stereocenters. The zero-order chi connectivity index (χ0) is 23.4. The van der Waals surface area contributed by atoms with Gasteiger partial charge in [0.05, 0.1) is 10.9 Å². The number of rotatable bonds is 8. The molecule has 2 aromatic carbocycles. The number of carbonyl (C=O) groups is 1. The number of nitrogens with one attached hydrogen (secondary N) is 1. The maximum atomic E-state index is 13.3. The van der Waals surface area contributed by atoms with E-state index in [1.54, 1.807) is 30.2 Å². The van der Waals surface area contributed by atoms with Crippen LogP contribution in [0.15, 0.2) is 41.2 Å². The Labute approximate surface area is 196 Å². The fraction of sp³-hybridized carbons (Fsp3) is 0.375. The van der Waals surface area contributed by atoms with Crippen LogP contribution in [0.25, 0.3) is 10.9 Å². The zero-order valence-corrected chi connectivity index (χ0v) is 19.6. The lowest BCUT2D eigenvalue weighted by atomic mass is 10.1. The summed E-state index contributed by atoms with van der Waals surface area (Å²) >= 11 is 5.39. The standard InChI is InChI=1S/C24H27N3O5S/c1-3-26(15-17-6-4-7-20-21(17)32-13-12-31-20)22(28)16-8-9-18-19(14-16)25-24(33)27(23(18)29)10-5-11-30-2/h4,6-9,14H,3,5,10-13,15H2,1-2H3,(H,25,33). The molecule has 0 aliphatic carbocycles. The van der Waals surface area contributed by atoms with Crippen LogP contribution in [0, 0.1) is 4.77 Å². The highest BCUT2D eigenvalue weighted by molar-refractivity contribution is 7.71. The third kappa shape index (κ3) is 4.79. The van der Waals surface area contributed by atoms with Crippen molar-refractivity contribution in [1.29, 1.82) is 0 Å². The van der Waals surface area contributed by atoms with Gasteiger partial charge >= 0.3 is 0 Å². The highest BCUT2D eigenvalue weighted by Crippen LogP contribution is 2.34. The predicted octanol–water partition coefficient (Wildman–Crippen LogP) is 3.53. The number of H-pyrrole nitrogens is 1. The van der Waals surface area contributed by atoms with E-state index < -0.39 is 0 Å². The summed E-state index contributed by atoms with van der Waals surface area (Å²) in [6.45, 7) is 4.83. The van der Waals surface area contributed by atoms with Crippen LogP contribution in [-0.2, 0) is 17.8 Å². The Balaban J connectivity index is 1.61. The molecule has 0 saturated carbocycles. The minimum Gasteiger partial charge on any atom is -0.486 e. The molecule has 1 N–H and O–H groups in total. The van der Waals surface area contributed by atoms with Crippen LogP contribution in [-0.4, -0.2) is 53.8 Å². The molecule has 33 heavy (non-hydrogen) atoms. The van der Waals surface area contributed by atoms with E-state index in [1.807, 2.05) is 25.1 Å². The molecule has 9 heteroatoms. The Morgan fingerprint density at radius 2 is 2.06 bits per heavy atom. The molecule has 0 bridgehead atoms. The number of para-hydroxylation sites is 1. The average Bonchev–Trinajstić information content (AvgIpc) is 2.84. The van der Waals surface area contributed by atoms with E-state index in [2.05, 4.69) is 4.98 Å². The van der Waals surface area contributed by atoms with E-state index in [4.69, 9.17) is 26.4 Å². The minimum absolute atomic E-state index is 0.141. The van der Waals surface area contributed by atoms with Gasteiger partial charge in [0, 0.05) is 44.5 Å². The average molecular weight is 470 g/mol. The van der Waals surface area contributed by atoms with Crippen LogP contribution in [0.5, 0.6) is 11.5 Å². The van der Waals surface area contributed by atoms with Crippen LogP contribution >= 0.6 is 12.2 Å². The number of hydrogen-bond acceptors (Lipinski definition) is 6. The Hall–Kier alpha value is -3.17. The molecule has 4 rings (SSSR count). The van der Waals surface area contributed by atoms with E-state index >= 15 is 0 Å². The quantitative estimate of drug-likeness (QED) is 0.401. The summed E-state index contributed by atoms with van der Waals surface area (Å²) in [5.74, 6) is 1.24. The SMILES string of the molecule is CCN(Cc1cccc2c1OCCO2)C(=O)c1ccc2c(=O)n(CCCOC)c(=S)[nH]c2c1. The van der Waals surface area contributed by atoms with E-state index in [1.165, 1.54) is 4.57 Å². The Morgan fingerprint density at radius 3 is 2.85 bits per heavy atom. The molecule has 0 fully saturated rings. The first-order valence-electron chi connectivity index (χ1n) is 11.0. The third-order valence-corrected chi connectivity index (χ3v) is 5.96. The van der Waals surface area contributed by atoms with E-state index in [0.29, 0.717) is 78.6 Å². The van der Waals surface area contributed by atoms with Crippen LogP contribution in [0.1, 0.15) is 29.3 Å². The molecule has 0 spiro atoms. The molecule has 1 aliphatic rings. The molecule has 3 aromatic rings. The summed E-state index contributed by atoms with van der Waals surface area (Å²) in [6.07, 6.45) is 0.680. The number of ether oxygens (including phenoxy) is 3. The monoisotopic (exact) mass is 469 g/mol. The van der Waals surface area contributed by atoms with Crippen molar-refractivity contribution in [3.63, 3.8) is 0 Å². The van der Waals surface area contributed by atoms with Crippen molar-refractivity contribution >= 4 is 29.0 Å². The smallest absolute Gasteiger partial charge is 0.262 e. The van der Waals surface area contributed by atoms with Gasteiger partial charge in [0.2, 0.25) is 0 Å². The Morgan fingerprint density at radius 1 is 1.24 bits per heavy atom. The molecule has 1 aliphatic heterocycles. The van der Waals surface area contributed by atoms with Gasteiger partial charge in [0.1, 0.15) is 13.2 Å². The van der Waals surface area contributed by atoms with Crippen LogP contribution in [0.2, 0.25) is 0 Å². The summed E-state index contributed by atoms with van der Waals surface area (Å²) in [7, 11) is 1.62. The topological polar surface area (TPSA) is 85.8 Å². The lowest BCUT2D eigenvalue weighted by molar-refractivity contribution is 0.0749. The van der Waals surface area contributed by atoms with Crippen molar-refractivity contribution in [3.8, 4) is 11.5 Å². The Bertz CT molecular complexity index is 1280. The summed E-state index contributed by atoms with van der Waals surface area (Å²) in [5.41, 5.74) is 1.74.